The van der Waals surface area contributed by atoms with Crippen LogP contribution in [0.15, 0.2) is 18.2 Å². The van der Waals surface area contributed by atoms with Crippen molar-refractivity contribution in [3.63, 3.8) is 0 Å². The summed E-state index contributed by atoms with van der Waals surface area (Å²) in [4.78, 5) is 0. The summed E-state index contributed by atoms with van der Waals surface area (Å²) in [6, 6.07) is 6.01. The number of hydrogen-bond acceptors (Lipinski definition) is 4. The highest BCUT2D eigenvalue weighted by atomic mass is 32.2. The molecule has 0 bridgehead atoms. The zero-order chi connectivity index (χ0) is 13.7. The van der Waals surface area contributed by atoms with E-state index in [2.05, 4.69) is 36.1 Å². The number of hydrogen-bond donors (Lipinski definition) is 1. The number of rotatable bonds is 6. The van der Waals surface area contributed by atoms with Crippen LogP contribution in [0.1, 0.15) is 25.3 Å². The van der Waals surface area contributed by atoms with Gasteiger partial charge in [0.05, 0.1) is 14.2 Å². The largest absolute Gasteiger partial charge is 0.497 e. The molecule has 1 heterocycles. The smallest absolute Gasteiger partial charge is 0.122 e. The lowest BCUT2D eigenvalue weighted by molar-refractivity contribution is 0.393. The maximum atomic E-state index is 5.29. The summed E-state index contributed by atoms with van der Waals surface area (Å²) >= 11 is 2.08. The first kappa shape index (κ1) is 14.5. The molecule has 1 fully saturated rings. The van der Waals surface area contributed by atoms with Crippen molar-refractivity contribution in [2.75, 3.05) is 26.5 Å². The minimum Gasteiger partial charge on any atom is -0.497 e. The van der Waals surface area contributed by atoms with Crippen LogP contribution in [0.4, 0.5) is 0 Å². The van der Waals surface area contributed by atoms with Crippen molar-refractivity contribution in [3.8, 4) is 11.5 Å². The number of thioether (sulfide) groups is 1. The third-order valence-electron chi connectivity index (χ3n) is 3.54. The van der Waals surface area contributed by atoms with Crippen molar-refractivity contribution in [2.24, 2.45) is 0 Å². The zero-order valence-electron chi connectivity index (χ0n) is 12.0. The first-order valence-electron chi connectivity index (χ1n) is 6.72. The molecule has 4 heteroatoms. The van der Waals surface area contributed by atoms with Crippen LogP contribution in [-0.4, -0.2) is 31.3 Å². The van der Waals surface area contributed by atoms with Crippen LogP contribution in [0.25, 0.3) is 0 Å². The predicted molar refractivity (Wildman–Crippen MR) is 81.3 cm³/mol. The summed E-state index contributed by atoms with van der Waals surface area (Å²) in [5, 5.41) is 3.55. The van der Waals surface area contributed by atoms with Gasteiger partial charge in [-0.25, -0.2) is 0 Å². The van der Waals surface area contributed by atoms with E-state index in [0.717, 1.165) is 24.6 Å². The molecule has 19 heavy (non-hydrogen) atoms. The molecule has 1 N–H and O–H groups in total. The van der Waals surface area contributed by atoms with Crippen LogP contribution in [0.5, 0.6) is 11.5 Å². The molecule has 106 valence electrons. The molecule has 1 unspecified atom stereocenters. The minimum atomic E-state index is 0.406. The second-order valence-electron chi connectivity index (χ2n) is 5.23. The second-order valence-corrected chi connectivity index (χ2v) is 6.91. The van der Waals surface area contributed by atoms with Crippen molar-refractivity contribution in [1.82, 2.24) is 5.32 Å². The van der Waals surface area contributed by atoms with Gasteiger partial charge in [0.1, 0.15) is 11.5 Å². The van der Waals surface area contributed by atoms with Gasteiger partial charge in [0.15, 0.2) is 0 Å². The number of ether oxygens (including phenoxy) is 2. The summed E-state index contributed by atoms with van der Waals surface area (Å²) in [6.07, 6.45) is 2.65. The first-order valence-corrected chi connectivity index (χ1v) is 7.70. The van der Waals surface area contributed by atoms with Crippen LogP contribution in [0, 0.1) is 0 Å². The zero-order valence-corrected chi connectivity index (χ0v) is 12.8. The Morgan fingerprint density at radius 1 is 1.21 bits per heavy atom. The molecule has 0 radical (unpaired) electrons. The lowest BCUT2D eigenvalue weighted by Crippen LogP contribution is -2.32. The van der Waals surface area contributed by atoms with E-state index >= 15 is 0 Å². The van der Waals surface area contributed by atoms with Crippen LogP contribution < -0.4 is 14.8 Å². The van der Waals surface area contributed by atoms with Crippen molar-refractivity contribution < 1.29 is 9.47 Å². The Morgan fingerprint density at radius 2 is 1.89 bits per heavy atom. The van der Waals surface area contributed by atoms with Crippen molar-refractivity contribution >= 4 is 11.8 Å². The molecule has 0 aliphatic carbocycles. The van der Waals surface area contributed by atoms with Gasteiger partial charge in [-0.1, -0.05) is 0 Å². The summed E-state index contributed by atoms with van der Waals surface area (Å²) in [5.41, 5.74) is 1.20. The monoisotopic (exact) mass is 281 g/mol. The predicted octanol–water partition coefficient (Wildman–Crippen LogP) is 3.08. The van der Waals surface area contributed by atoms with Crippen LogP contribution in [-0.2, 0) is 6.54 Å². The van der Waals surface area contributed by atoms with Crippen molar-refractivity contribution in [2.45, 2.75) is 31.1 Å². The molecule has 1 saturated heterocycles. The Balaban J connectivity index is 1.91. The second kappa shape index (κ2) is 6.53. The molecular weight excluding hydrogens is 258 g/mol. The minimum absolute atomic E-state index is 0.406. The molecule has 3 nitrogen and oxygen atoms in total. The van der Waals surface area contributed by atoms with Gasteiger partial charge in [-0.05, 0) is 43.2 Å². The highest BCUT2D eigenvalue weighted by Gasteiger charge is 2.28. The Kier molecular flexibility index (Phi) is 4.99. The fraction of sp³-hybridized carbons (Fsp3) is 0.600. The van der Waals surface area contributed by atoms with E-state index in [4.69, 9.17) is 9.47 Å². The molecule has 2 rings (SSSR count). The topological polar surface area (TPSA) is 30.5 Å². The first-order chi connectivity index (χ1) is 9.15. The van der Waals surface area contributed by atoms with E-state index in [1.807, 2.05) is 6.07 Å². The Hall–Kier alpha value is -0.870. The average Bonchev–Trinajstić information content (AvgIpc) is 2.85. The third kappa shape index (κ3) is 4.05. The van der Waals surface area contributed by atoms with Gasteiger partial charge in [-0.2, -0.15) is 11.8 Å². The maximum Gasteiger partial charge on any atom is 0.122 e. The average molecular weight is 281 g/mol. The number of nitrogens with one attached hydrogen (secondary N) is 1. The molecule has 1 aromatic carbocycles. The van der Waals surface area contributed by atoms with E-state index in [-0.39, 0.29) is 0 Å². The molecule has 1 aliphatic heterocycles. The lowest BCUT2D eigenvalue weighted by Gasteiger charge is -2.23. The summed E-state index contributed by atoms with van der Waals surface area (Å²) < 4.78 is 11.0. The van der Waals surface area contributed by atoms with E-state index in [1.54, 1.807) is 14.2 Å². The van der Waals surface area contributed by atoms with Crippen LogP contribution in [0.3, 0.4) is 0 Å². The molecule has 1 atom stereocenters. The molecule has 1 aromatic rings. The highest BCUT2D eigenvalue weighted by Crippen LogP contribution is 2.37. The van der Waals surface area contributed by atoms with Crippen molar-refractivity contribution in [1.29, 1.82) is 0 Å². The van der Waals surface area contributed by atoms with Gasteiger partial charge in [0.2, 0.25) is 0 Å². The van der Waals surface area contributed by atoms with E-state index < -0.39 is 0 Å². The van der Waals surface area contributed by atoms with E-state index in [1.165, 1.54) is 24.2 Å². The fourth-order valence-electron chi connectivity index (χ4n) is 2.42. The quantitative estimate of drug-likeness (QED) is 0.868. The SMILES string of the molecule is COc1cc(CNCC2(C)CCCS2)cc(OC)c1. The van der Waals surface area contributed by atoms with Crippen LogP contribution >= 0.6 is 11.8 Å². The maximum absolute atomic E-state index is 5.29. The van der Waals surface area contributed by atoms with Crippen molar-refractivity contribution in [3.05, 3.63) is 23.8 Å². The summed E-state index contributed by atoms with van der Waals surface area (Å²) in [6.45, 7) is 4.25. The van der Waals surface area contributed by atoms with Crippen LogP contribution in [0.2, 0.25) is 0 Å². The van der Waals surface area contributed by atoms with Gasteiger partial charge in [-0.15, -0.1) is 0 Å². The molecular formula is C15H23NO2S. The summed E-state index contributed by atoms with van der Waals surface area (Å²) in [5.74, 6) is 2.99. The molecule has 0 amide bonds. The number of benzene rings is 1. The van der Waals surface area contributed by atoms with E-state index in [0.29, 0.717) is 4.75 Å². The Bertz CT molecular complexity index is 394. The van der Waals surface area contributed by atoms with Gasteiger partial charge in [-0.3, -0.25) is 0 Å². The normalized spacial score (nSPS) is 22.5. The Morgan fingerprint density at radius 3 is 2.42 bits per heavy atom. The standard InChI is InChI=1S/C15H23NO2S/c1-15(5-4-6-19-15)11-16-10-12-7-13(17-2)9-14(8-12)18-3/h7-9,16H,4-6,10-11H2,1-3H3. The molecule has 0 spiro atoms. The molecule has 0 saturated carbocycles. The molecule has 0 aromatic heterocycles. The molecule has 1 aliphatic rings. The van der Waals surface area contributed by atoms with Gasteiger partial charge in [0, 0.05) is 23.9 Å². The lowest BCUT2D eigenvalue weighted by atomic mass is 10.1. The highest BCUT2D eigenvalue weighted by molar-refractivity contribution is 8.00. The van der Waals surface area contributed by atoms with Gasteiger partial charge >= 0.3 is 0 Å². The fourth-order valence-corrected chi connectivity index (χ4v) is 3.69. The van der Waals surface area contributed by atoms with E-state index in [9.17, 15) is 0 Å². The third-order valence-corrected chi connectivity index (χ3v) is 5.08. The summed E-state index contributed by atoms with van der Waals surface area (Å²) in [7, 11) is 3.37. The Labute approximate surface area is 120 Å². The van der Waals surface area contributed by atoms with Gasteiger partial charge < -0.3 is 14.8 Å². The number of methoxy groups -OCH3 is 2. The van der Waals surface area contributed by atoms with Gasteiger partial charge in [0.25, 0.3) is 0 Å².